The Labute approximate surface area is 178 Å². The van der Waals surface area contributed by atoms with Crippen LogP contribution < -0.4 is 9.64 Å². The van der Waals surface area contributed by atoms with Gasteiger partial charge in [-0.3, -0.25) is 14.5 Å². The topological polar surface area (TPSA) is 79.7 Å². The first-order valence-corrected chi connectivity index (χ1v) is 10.5. The molecule has 0 aliphatic carbocycles. The largest absolute Gasteiger partial charge is 0.503 e. The normalized spacial score (nSPS) is 16.8. The molecule has 1 amide bonds. The predicted octanol–water partition coefficient (Wildman–Crippen LogP) is 4.74. The van der Waals surface area contributed by atoms with Gasteiger partial charge in [0.2, 0.25) is 0 Å². The van der Waals surface area contributed by atoms with E-state index in [4.69, 9.17) is 4.74 Å². The Morgan fingerprint density at radius 3 is 2.70 bits per heavy atom. The average molecular weight is 423 g/mol. The van der Waals surface area contributed by atoms with E-state index >= 15 is 0 Å². The maximum Gasteiger partial charge on any atom is 0.296 e. The van der Waals surface area contributed by atoms with Crippen LogP contribution in [0.15, 0.2) is 53.8 Å². The fourth-order valence-electron chi connectivity index (χ4n) is 3.61. The van der Waals surface area contributed by atoms with Gasteiger partial charge in [0.15, 0.2) is 16.7 Å². The number of aliphatic hydroxyl groups excluding tert-OH is 1. The maximum atomic E-state index is 13.1. The standard InChI is InChI=1S/C23H22N2O4S/c1-12(2)20(26)18-19(14-6-5-7-15(11-14)29-4)25(22(28)21(18)27)23-24-16-9-8-13(3)10-17(16)30-23/h5-12,19,27H,1-4H3. The van der Waals surface area contributed by atoms with E-state index in [1.165, 1.54) is 16.2 Å². The van der Waals surface area contributed by atoms with Crippen molar-refractivity contribution in [1.82, 2.24) is 4.98 Å². The number of rotatable bonds is 5. The van der Waals surface area contributed by atoms with E-state index in [1.54, 1.807) is 39.2 Å². The van der Waals surface area contributed by atoms with Gasteiger partial charge in [0, 0.05) is 5.92 Å². The summed E-state index contributed by atoms with van der Waals surface area (Å²) in [5.41, 5.74) is 2.62. The van der Waals surface area contributed by atoms with Crippen LogP contribution in [0.1, 0.15) is 31.0 Å². The first-order chi connectivity index (χ1) is 14.3. The van der Waals surface area contributed by atoms with Crippen molar-refractivity contribution in [1.29, 1.82) is 0 Å². The second-order valence-corrected chi connectivity index (χ2v) is 8.61. The molecular formula is C23H22N2O4S. The molecular weight excluding hydrogens is 400 g/mol. The van der Waals surface area contributed by atoms with E-state index in [-0.39, 0.29) is 17.3 Å². The van der Waals surface area contributed by atoms with Crippen molar-refractivity contribution >= 4 is 38.4 Å². The number of methoxy groups -OCH3 is 1. The molecule has 1 aromatic heterocycles. The number of hydrogen-bond acceptors (Lipinski definition) is 6. The van der Waals surface area contributed by atoms with E-state index in [0.717, 1.165) is 15.8 Å². The number of aromatic nitrogens is 1. The zero-order valence-corrected chi connectivity index (χ0v) is 18.0. The number of carbonyl (C=O) groups is 2. The minimum atomic E-state index is -0.774. The number of aliphatic hydroxyl groups is 1. The first-order valence-electron chi connectivity index (χ1n) is 9.64. The fourth-order valence-corrected chi connectivity index (χ4v) is 4.71. The van der Waals surface area contributed by atoms with Gasteiger partial charge in [-0.1, -0.05) is 43.4 Å². The number of anilines is 1. The van der Waals surface area contributed by atoms with Crippen LogP contribution in [-0.2, 0) is 9.59 Å². The molecule has 6 nitrogen and oxygen atoms in total. The number of Topliss-reactive ketones (excluding diaryl/α,β-unsaturated/α-hetero) is 1. The Hall–Kier alpha value is -3.19. The van der Waals surface area contributed by atoms with Crippen LogP contribution in [0.3, 0.4) is 0 Å². The lowest BCUT2D eigenvalue weighted by molar-refractivity contribution is -0.119. The van der Waals surface area contributed by atoms with Gasteiger partial charge < -0.3 is 9.84 Å². The molecule has 4 rings (SSSR count). The molecule has 1 aliphatic heterocycles. The molecule has 0 spiro atoms. The first kappa shape index (κ1) is 20.1. The summed E-state index contributed by atoms with van der Waals surface area (Å²) >= 11 is 1.36. The number of aryl methyl sites for hydroxylation is 1. The molecule has 0 saturated heterocycles. The van der Waals surface area contributed by atoms with Crippen LogP contribution in [0, 0.1) is 12.8 Å². The molecule has 2 heterocycles. The van der Waals surface area contributed by atoms with Gasteiger partial charge in [-0.15, -0.1) is 0 Å². The number of fused-ring (bicyclic) bond motifs is 1. The Kier molecular flexibility index (Phi) is 5.07. The lowest BCUT2D eigenvalue weighted by Gasteiger charge is -2.25. The monoisotopic (exact) mass is 422 g/mol. The molecule has 0 bridgehead atoms. The summed E-state index contributed by atoms with van der Waals surface area (Å²) in [5, 5.41) is 11.1. The lowest BCUT2D eigenvalue weighted by Crippen LogP contribution is -2.31. The van der Waals surface area contributed by atoms with E-state index in [9.17, 15) is 14.7 Å². The van der Waals surface area contributed by atoms with E-state index < -0.39 is 17.7 Å². The van der Waals surface area contributed by atoms with Crippen molar-refractivity contribution in [2.45, 2.75) is 26.8 Å². The molecule has 0 radical (unpaired) electrons. The van der Waals surface area contributed by atoms with Crippen LogP contribution in [0.2, 0.25) is 0 Å². The van der Waals surface area contributed by atoms with Crippen LogP contribution in [0.4, 0.5) is 5.13 Å². The Morgan fingerprint density at radius 2 is 2.00 bits per heavy atom. The number of ketones is 1. The molecule has 1 unspecified atom stereocenters. The molecule has 0 saturated carbocycles. The van der Waals surface area contributed by atoms with E-state index in [1.807, 2.05) is 31.2 Å². The molecule has 2 aromatic carbocycles. The highest BCUT2D eigenvalue weighted by Gasteiger charge is 2.46. The lowest BCUT2D eigenvalue weighted by atomic mass is 9.91. The number of ether oxygens (including phenoxy) is 1. The summed E-state index contributed by atoms with van der Waals surface area (Å²) in [6.07, 6.45) is 0. The summed E-state index contributed by atoms with van der Waals surface area (Å²) in [4.78, 5) is 32.2. The Bertz CT molecular complexity index is 1190. The van der Waals surface area contributed by atoms with Crippen LogP contribution in [0.25, 0.3) is 10.2 Å². The van der Waals surface area contributed by atoms with Gasteiger partial charge in [-0.2, -0.15) is 0 Å². The van der Waals surface area contributed by atoms with Gasteiger partial charge in [0.1, 0.15) is 5.75 Å². The van der Waals surface area contributed by atoms with E-state index in [0.29, 0.717) is 16.4 Å². The highest BCUT2D eigenvalue weighted by atomic mass is 32.1. The molecule has 1 N–H and O–H groups in total. The third kappa shape index (κ3) is 3.25. The molecule has 1 atom stereocenters. The second-order valence-electron chi connectivity index (χ2n) is 7.60. The third-order valence-corrected chi connectivity index (χ3v) is 6.16. The Balaban J connectivity index is 1.91. The van der Waals surface area contributed by atoms with Gasteiger partial charge in [-0.25, -0.2) is 4.98 Å². The summed E-state index contributed by atoms with van der Waals surface area (Å²) in [5.74, 6) is -1.18. The fraction of sp³-hybridized carbons (Fsp3) is 0.261. The zero-order valence-electron chi connectivity index (χ0n) is 17.2. The number of thiazole rings is 1. The van der Waals surface area contributed by atoms with Crippen molar-refractivity contribution in [2.24, 2.45) is 5.92 Å². The van der Waals surface area contributed by atoms with Gasteiger partial charge in [0.05, 0.1) is 28.9 Å². The maximum absolute atomic E-state index is 13.1. The van der Waals surface area contributed by atoms with Gasteiger partial charge >= 0.3 is 0 Å². The van der Waals surface area contributed by atoms with Crippen LogP contribution in [0.5, 0.6) is 5.75 Å². The molecule has 30 heavy (non-hydrogen) atoms. The number of hydrogen-bond donors (Lipinski definition) is 1. The second kappa shape index (κ2) is 7.57. The summed E-state index contributed by atoms with van der Waals surface area (Å²) < 4.78 is 6.27. The SMILES string of the molecule is COc1cccc(C2C(C(=O)C(C)C)=C(O)C(=O)N2c2nc3ccc(C)cc3s2)c1. The van der Waals surface area contributed by atoms with Crippen molar-refractivity contribution < 1.29 is 19.4 Å². The van der Waals surface area contributed by atoms with Crippen molar-refractivity contribution in [3.8, 4) is 5.75 Å². The van der Waals surface area contributed by atoms with Gasteiger partial charge in [0.25, 0.3) is 5.91 Å². The summed E-state index contributed by atoms with van der Waals surface area (Å²) in [6.45, 7) is 5.49. The summed E-state index contributed by atoms with van der Waals surface area (Å²) in [6, 6.07) is 12.3. The number of benzene rings is 2. The van der Waals surface area contributed by atoms with Crippen LogP contribution in [-0.4, -0.2) is 28.9 Å². The molecule has 0 fully saturated rings. The average Bonchev–Trinajstić information content (AvgIpc) is 3.25. The number of amides is 1. The summed E-state index contributed by atoms with van der Waals surface area (Å²) in [7, 11) is 1.56. The van der Waals surface area contributed by atoms with Crippen LogP contribution >= 0.6 is 11.3 Å². The molecule has 1 aliphatic rings. The molecule has 154 valence electrons. The third-order valence-electron chi connectivity index (χ3n) is 5.15. The highest BCUT2D eigenvalue weighted by Crippen LogP contribution is 2.44. The predicted molar refractivity (Wildman–Crippen MR) is 117 cm³/mol. The minimum absolute atomic E-state index is 0.0960. The number of nitrogens with zero attached hydrogens (tertiary/aromatic N) is 2. The van der Waals surface area contributed by atoms with Crippen molar-refractivity contribution in [3.05, 3.63) is 64.9 Å². The Morgan fingerprint density at radius 1 is 1.23 bits per heavy atom. The zero-order chi connectivity index (χ0) is 21.6. The minimum Gasteiger partial charge on any atom is -0.503 e. The van der Waals surface area contributed by atoms with Crippen molar-refractivity contribution in [2.75, 3.05) is 12.0 Å². The molecule has 7 heteroatoms. The smallest absolute Gasteiger partial charge is 0.296 e. The van der Waals surface area contributed by atoms with E-state index in [2.05, 4.69) is 4.98 Å². The highest BCUT2D eigenvalue weighted by molar-refractivity contribution is 7.22. The number of carbonyl (C=O) groups excluding carboxylic acids is 2. The molecule has 3 aromatic rings. The van der Waals surface area contributed by atoms with Gasteiger partial charge in [-0.05, 0) is 42.3 Å². The van der Waals surface area contributed by atoms with Crippen molar-refractivity contribution in [3.63, 3.8) is 0 Å². The quantitative estimate of drug-likeness (QED) is 0.642.